The van der Waals surface area contributed by atoms with E-state index in [0.717, 1.165) is 3.92 Å². The van der Waals surface area contributed by atoms with Crippen molar-refractivity contribution < 1.29 is 22.6 Å². The lowest BCUT2D eigenvalue weighted by molar-refractivity contribution is -0.430. The second-order valence-electron chi connectivity index (χ2n) is 3.88. The van der Waals surface area contributed by atoms with E-state index in [1.807, 2.05) is 0 Å². The van der Waals surface area contributed by atoms with Crippen LogP contribution in [-0.4, -0.2) is 3.92 Å². The lowest BCUT2D eigenvalue weighted by Crippen LogP contribution is -3.39. The Morgan fingerprint density at radius 2 is 2.11 bits per heavy atom. The van der Waals surface area contributed by atoms with Crippen LogP contribution in [0.1, 0.15) is 39.5 Å². The zero-order valence-electron chi connectivity index (χ0n) is 6.31. The Labute approximate surface area is 71.5 Å². The van der Waals surface area contributed by atoms with Crippen LogP contribution in [0.4, 0.5) is 0 Å². The SMILES string of the molecule is CC1(C)CCCC([IH+])C1. The molecule has 1 saturated carbocycles. The molecule has 1 unspecified atom stereocenters. The average Bonchev–Trinajstić information content (AvgIpc) is 1.60. The van der Waals surface area contributed by atoms with E-state index < -0.39 is 0 Å². The quantitative estimate of drug-likeness (QED) is 0.385. The molecule has 1 aliphatic carbocycles. The van der Waals surface area contributed by atoms with Gasteiger partial charge in [0.25, 0.3) is 22.6 Å². The molecule has 1 fully saturated rings. The molecule has 1 rings (SSSR count). The molecule has 0 spiro atoms. The smallest absolute Gasteiger partial charge is 0.0597 e. The highest BCUT2D eigenvalue weighted by molar-refractivity contribution is 4.77. The van der Waals surface area contributed by atoms with Gasteiger partial charge in [0.1, 0.15) is 0 Å². The number of rotatable bonds is 0. The molecule has 0 amide bonds. The normalized spacial score (nSPS) is 34.3. The van der Waals surface area contributed by atoms with Crippen molar-refractivity contribution >= 4 is 0 Å². The zero-order chi connectivity index (χ0) is 6.91. The summed E-state index contributed by atoms with van der Waals surface area (Å²) in [6, 6.07) is 0. The molecule has 0 aliphatic heterocycles. The molecule has 0 nitrogen and oxygen atoms in total. The molecular formula is C8H16I+. The highest BCUT2D eigenvalue weighted by Gasteiger charge is 2.30. The monoisotopic (exact) mass is 239 g/mol. The third-order valence-electron chi connectivity index (χ3n) is 2.16. The van der Waals surface area contributed by atoms with Crippen molar-refractivity contribution in [2.75, 3.05) is 0 Å². The van der Waals surface area contributed by atoms with Gasteiger partial charge in [0.15, 0.2) is 3.92 Å². The predicted octanol–water partition coefficient (Wildman–Crippen LogP) is -0.759. The average molecular weight is 239 g/mol. The summed E-state index contributed by atoms with van der Waals surface area (Å²) in [6.07, 6.45) is 5.81. The maximum Gasteiger partial charge on any atom is 0.255 e. The number of hydrogen-bond donors (Lipinski definition) is 0. The topological polar surface area (TPSA) is 0 Å². The molecule has 1 aliphatic rings. The van der Waals surface area contributed by atoms with Crippen molar-refractivity contribution in [1.82, 2.24) is 0 Å². The van der Waals surface area contributed by atoms with Crippen LogP contribution in [0, 0.1) is 5.41 Å². The van der Waals surface area contributed by atoms with Gasteiger partial charge < -0.3 is 0 Å². The molecule has 0 aromatic heterocycles. The van der Waals surface area contributed by atoms with Crippen LogP contribution in [0.5, 0.6) is 0 Å². The molecule has 0 heterocycles. The van der Waals surface area contributed by atoms with Crippen molar-refractivity contribution in [3.63, 3.8) is 0 Å². The Morgan fingerprint density at radius 3 is 2.44 bits per heavy atom. The summed E-state index contributed by atoms with van der Waals surface area (Å²) in [4.78, 5) is 0. The summed E-state index contributed by atoms with van der Waals surface area (Å²) in [5.74, 6) is 0. The van der Waals surface area contributed by atoms with Crippen LogP contribution < -0.4 is 22.6 Å². The minimum Gasteiger partial charge on any atom is -0.0597 e. The van der Waals surface area contributed by atoms with Crippen LogP contribution in [-0.2, 0) is 0 Å². The fourth-order valence-corrected chi connectivity index (χ4v) is 3.39. The van der Waals surface area contributed by atoms with Gasteiger partial charge in [0.05, 0.1) is 0 Å². The van der Waals surface area contributed by atoms with Gasteiger partial charge in [-0.25, -0.2) is 0 Å². The summed E-state index contributed by atoms with van der Waals surface area (Å²) in [6.45, 7) is 4.79. The van der Waals surface area contributed by atoms with E-state index in [-0.39, 0.29) is 0 Å². The summed E-state index contributed by atoms with van der Waals surface area (Å²) in [5.41, 5.74) is 0.653. The first-order chi connectivity index (χ1) is 4.10. The van der Waals surface area contributed by atoms with Gasteiger partial charge in [-0.05, 0) is 31.1 Å². The minimum atomic E-state index is 0.653. The van der Waals surface area contributed by atoms with E-state index in [1.165, 1.54) is 25.7 Å². The Morgan fingerprint density at radius 1 is 1.44 bits per heavy atom. The maximum absolute atomic E-state index is 2.39. The molecule has 1 atom stereocenters. The van der Waals surface area contributed by atoms with Crippen LogP contribution in [0.3, 0.4) is 0 Å². The molecular weight excluding hydrogens is 223 g/mol. The first-order valence-corrected chi connectivity index (χ1v) is 5.10. The summed E-state index contributed by atoms with van der Waals surface area (Å²) in [7, 11) is 0. The molecule has 0 aromatic rings. The van der Waals surface area contributed by atoms with Crippen molar-refractivity contribution in [3.8, 4) is 0 Å². The van der Waals surface area contributed by atoms with Gasteiger partial charge in [0, 0.05) is 0 Å². The largest absolute Gasteiger partial charge is 0.255 e. The predicted molar refractivity (Wildman–Crippen MR) is 37.4 cm³/mol. The fraction of sp³-hybridized carbons (Fsp3) is 1.00. The molecule has 0 bridgehead atoms. The third kappa shape index (κ3) is 2.44. The van der Waals surface area contributed by atoms with Gasteiger partial charge in [-0.15, -0.1) is 0 Å². The number of hydrogen-bond acceptors (Lipinski definition) is 0. The van der Waals surface area contributed by atoms with E-state index in [4.69, 9.17) is 0 Å². The Bertz CT molecular complexity index is 96.7. The second-order valence-corrected chi connectivity index (χ2v) is 5.79. The highest BCUT2D eigenvalue weighted by Crippen LogP contribution is 2.32. The Kier molecular flexibility index (Phi) is 2.41. The van der Waals surface area contributed by atoms with Gasteiger partial charge >= 0.3 is 0 Å². The van der Waals surface area contributed by atoms with E-state index in [2.05, 4.69) is 36.4 Å². The molecule has 0 radical (unpaired) electrons. The highest BCUT2D eigenvalue weighted by atomic mass is 127. The Balaban J connectivity index is 2.41. The van der Waals surface area contributed by atoms with Crippen LogP contribution in [0.25, 0.3) is 0 Å². The van der Waals surface area contributed by atoms with Crippen LogP contribution >= 0.6 is 0 Å². The molecule has 1 heteroatoms. The number of halogens is 1. The van der Waals surface area contributed by atoms with Crippen molar-refractivity contribution in [3.05, 3.63) is 0 Å². The van der Waals surface area contributed by atoms with Gasteiger partial charge in [0.2, 0.25) is 0 Å². The summed E-state index contributed by atoms with van der Waals surface area (Å²) >= 11 is 2.31. The van der Waals surface area contributed by atoms with E-state index >= 15 is 0 Å². The molecule has 0 saturated heterocycles. The molecule has 0 N–H and O–H groups in total. The van der Waals surface area contributed by atoms with Crippen molar-refractivity contribution in [2.45, 2.75) is 43.5 Å². The van der Waals surface area contributed by atoms with E-state index in [1.54, 1.807) is 0 Å². The van der Waals surface area contributed by atoms with Gasteiger partial charge in [-0.3, -0.25) is 0 Å². The lowest BCUT2D eigenvalue weighted by Gasteiger charge is -2.29. The molecule has 0 aromatic carbocycles. The zero-order valence-corrected chi connectivity index (χ0v) is 8.64. The van der Waals surface area contributed by atoms with Gasteiger partial charge in [-0.1, -0.05) is 13.8 Å². The van der Waals surface area contributed by atoms with Crippen molar-refractivity contribution in [1.29, 1.82) is 0 Å². The first-order valence-electron chi connectivity index (χ1n) is 3.76. The van der Waals surface area contributed by atoms with Crippen molar-refractivity contribution in [2.24, 2.45) is 5.41 Å². The lowest BCUT2D eigenvalue weighted by atomic mass is 9.78. The first kappa shape index (κ1) is 7.83. The fourth-order valence-electron chi connectivity index (χ4n) is 1.63. The number of alkyl halides is 1. The second kappa shape index (κ2) is 2.77. The van der Waals surface area contributed by atoms with E-state index in [0.29, 0.717) is 5.41 Å². The van der Waals surface area contributed by atoms with Crippen LogP contribution in [0.2, 0.25) is 0 Å². The molecule has 9 heavy (non-hydrogen) atoms. The molecule has 54 valence electrons. The maximum atomic E-state index is 2.39. The van der Waals surface area contributed by atoms with Gasteiger partial charge in [-0.2, -0.15) is 0 Å². The standard InChI is InChI=1S/C8H16I/c1-8(2)5-3-4-7(9)6-8/h7,9H,3-6H2,1-2H3/q+1. The Hall–Kier alpha value is 0.730. The third-order valence-corrected chi connectivity index (χ3v) is 3.31. The van der Waals surface area contributed by atoms with Crippen LogP contribution in [0.15, 0.2) is 0 Å². The minimum absolute atomic E-state index is 0.653. The van der Waals surface area contributed by atoms with E-state index in [9.17, 15) is 0 Å². The summed E-state index contributed by atoms with van der Waals surface area (Å²) < 4.78 is 0.990. The summed E-state index contributed by atoms with van der Waals surface area (Å²) in [5, 5.41) is 0.